The second-order valence-corrected chi connectivity index (χ2v) is 13.8. The van der Waals surface area contributed by atoms with Gasteiger partial charge in [0.1, 0.15) is 11.2 Å². The minimum absolute atomic E-state index is 0.161. The Kier molecular flexibility index (Phi) is 8.53. The highest BCUT2D eigenvalue weighted by atomic mass is 35.5. The van der Waals surface area contributed by atoms with E-state index in [1.165, 1.54) is 0 Å². The summed E-state index contributed by atoms with van der Waals surface area (Å²) in [6, 6.07) is 12.3. The van der Waals surface area contributed by atoms with E-state index in [9.17, 15) is 19.6 Å². The van der Waals surface area contributed by atoms with Crippen LogP contribution in [0.15, 0.2) is 36.4 Å². The standard InChI is InChI=1S/C32H38ClN5O5/c1-30(2,3)42-28(40)37-18-21(13-14-32(37,7)8)27(39)35-26-23-16-20(22-15-19(17-34)9-11-24(22)33)10-12-25(23)38(36-26)29(41)43-31(4,5)6/h9-12,15-16,21H,13-14,18H2,1-8H3,(H,35,36,39). The smallest absolute Gasteiger partial charge is 0.435 e. The molecule has 0 saturated carbocycles. The van der Waals surface area contributed by atoms with Crippen molar-refractivity contribution in [3.8, 4) is 17.2 Å². The Morgan fingerprint density at radius 3 is 2.30 bits per heavy atom. The van der Waals surface area contributed by atoms with Crippen molar-refractivity contribution in [2.24, 2.45) is 5.92 Å². The number of hydrogen-bond acceptors (Lipinski definition) is 7. The van der Waals surface area contributed by atoms with Crippen molar-refractivity contribution in [2.45, 2.75) is 85.0 Å². The average Bonchev–Trinajstić information content (AvgIpc) is 3.24. The van der Waals surface area contributed by atoms with Crippen LogP contribution in [0.5, 0.6) is 0 Å². The number of benzene rings is 2. The van der Waals surface area contributed by atoms with Gasteiger partial charge in [0.15, 0.2) is 5.82 Å². The topological polar surface area (TPSA) is 127 Å². The van der Waals surface area contributed by atoms with E-state index in [0.717, 1.165) is 4.68 Å². The van der Waals surface area contributed by atoms with Crippen LogP contribution in [0.4, 0.5) is 15.4 Å². The molecule has 1 N–H and O–H groups in total. The molecule has 11 heteroatoms. The van der Waals surface area contributed by atoms with Crippen LogP contribution in [-0.2, 0) is 14.3 Å². The lowest BCUT2D eigenvalue weighted by molar-refractivity contribution is -0.122. The lowest BCUT2D eigenvalue weighted by Crippen LogP contribution is -2.56. The number of hydrogen-bond donors (Lipinski definition) is 1. The number of aromatic nitrogens is 2. The Hall–Kier alpha value is -4.10. The predicted octanol–water partition coefficient (Wildman–Crippen LogP) is 7.38. The van der Waals surface area contributed by atoms with Gasteiger partial charge in [-0.05, 0) is 104 Å². The zero-order valence-corrected chi connectivity index (χ0v) is 26.6. The summed E-state index contributed by atoms with van der Waals surface area (Å²) in [6.07, 6.45) is -0.0403. The van der Waals surface area contributed by atoms with E-state index in [2.05, 4.69) is 16.5 Å². The van der Waals surface area contributed by atoms with Crippen molar-refractivity contribution in [1.29, 1.82) is 5.26 Å². The summed E-state index contributed by atoms with van der Waals surface area (Å²) in [5.41, 5.74) is 0.202. The molecule has 1 aromatic heterocycles. The predicted molar refractivity (Wildman–Crippen MR) is 165 cm³/mol. The molecule has 228 valence electrons. The molecule has 2 amide bonds. The number of amides is 2. The van der Waals surface area contributed by atoms with Gasteiger partial charge in [-0.15, -0.1) is 5.10 Å². The highest BCUT2D eigenvalue weighted by molar-refractivity contribution is 6.33. The summed E-state index contributed by atoms with van der Waals surface area (Å²) in [5, 5.41) is 17.7. The first kappa shape index (κ1) is 31.8. The fraction of sp³-hybridized carbons (Fsp3) is 0.469. The van der Waals surface area contributed by atoms with Crippen LogP contribution in [-0.4, -0.2) is 56.1 Å². The third-order valence-corrected chi connectivity index (χ3v) is 7.45. The molecule has 0 spiro atoms. The first-order chi connectivity index (χ1) is 19.9. The SMILES string of the molecule is CC(C)(C)OC(=O)N1CC(C(=O)Nc2nn(C(=O)OC(C)(C)C)c3ccc(-c4cc(C#N)ccc4Cl)cc23)CCC1(C)C. The number of carbonyl (C=O) groups excluding carboxylic acids is 3. The van der Waals surface area contributed by atoms with Crippen LogP contribution in [0.1, 0.15) is 73.8 Å². The summed E-state index contributed by atoms with van der Waals surface area (Å²) in [7, 11) is 0. The fourth-order valence-corrected chi connectivity index (χ4v) is 5.16. The molecular formula is C32H38ClN5O5. The van der Waals surface area contributed by atoms with E-state index in [1.54, 1.807) is 82.8 Å². The van der Waals surface area contributed by atoms with E-state index in [0.29, 0.717) is 45.5 Å². The zero-order valence-electron chi connectivity index (χ0n) is 25.9. The largest absolute Gasteiger partial charge is 0.444 e. The second kappa shape index (κ2) is 11.5. The second-order valence-electron chi connectivity index (χ2n) is 13.4. The fourth-order valence-electron chi connectivity index (χ4n) is 4.93. The van der Waals surface area contributed by atoms with E-state index >= 15 is 0 Å². The molecule has 3 aromatic rings. The number of likely N-dealkylation sites (tertiary alicyclic amines) is 1. The van der Waals surface area contributed by atoms with Gasteiger partial charge in [-0.1, -0.05) is 17.7 Å². The number of nitrogens with one attached hydrogen (secondary N) is 1. The molecule has 0 radical (unpaired) electrons. The van der Waals surface area contributed by atoms with Gasteiger partial charge in [0.2, 0.25) is 5.91 Å². The van der Waals surface area contributed by atoms with Gasteiger partial charge in [0.05, 0.1) is 23.1 Å². The molecule has 0 aliphatic carbocycles. The molecule has 1 unspecified atom stereocenters. The maximum atomic E-state index is 13.7. The van der Waals surface area contributed by atoms with Crippen LogP contribution in [0.2, 0.25) is 5.02 Å². The molecule has 4 rings (SSSR count). The van der Waals surface area contributed by atoms with Crippen LogP contribution >= 0.6 is 11.6 Å². The van der Waals surface area contributed by atoms with E-state index < -0.39 is 34.8 Å². The molecule has 1 fully saturated rings. The van der Waals surface area contributed by atoms with Crippen molar-refractivity contribution in [3.63, 3.8) is 0 Å². The third-order valence-electron chi connectivity index (χ3n) is 7.12. The molecule has 1 aliphatic rings. The summed E-state index contributed by atoms with van der Waals surface area (Å²) >= 11 is 6.48. The zero-order chi connectivity index (χ0) is 31.9. The van der Waals surface area contributed by atoms with Gasteiger partial charge in [-0.25, -0.2) is 9.59 Å². The molecular weight excluding hydrogens is 570 g/mol. The Morgan fingerprint density at radius 2 is 1.67 bits per heavy atom. The lowest BCUT2D eigenvalue weighted by atomic mass is 9.84. The minimum atomic E-state index is -0.774. The van der Waals surface area contributed by atoms with Crippen LogP contribution < -0.4 is 5.32 Å². The summed E-state index contributed by atoms with van der Waals surface area (Å²) < 4.78 is 12.3. The number of piperidine rings is 1. The number of anilines is 1. The summed E-state index contributed by atoms with van der Waals surface area (Å²) in [6.45, 7) is 14.7. The van der Waals surface area contributed by atoms with E-state index in [-0.39, 0.29) is 18.3 Å². The molecule has 1 atom stereocenters. The van der Waals surface area contributed by atoms with Crippen molar-refractivity contribution >= 4 is 46.4 Å². The minimum Gasteiger partial charge on any atom is -0.444 e. The molecule has 10 nitrogen and oxygen atoms in total. The Bertz CT molecular complexity index is 1620. The van der Waals surface area contributed by atoms with Crippen molar-refractivity contribution < 1.29 is 23.9 Å². The number of carbonyl (C=O) groups is 3. The monoisotopic (exact) mass is 607 g/mol. The van der Waals surface area contributed by atoms with Crippen molar-refractivity contribution in [1.82, 2.24) is 14.7 Å². The van der Waals surface area contributed by atoms with Gasteiger partial charge in [0.25, 0.3) is 0 Å². The highest BCUT2D eigenvalue weighted by Gasteiger charge is 2.41. The summed E-state index contributed by atoms with van der Waals surface area (Å²) in [5.74, 6) is -0.712. The average molecular weight is 608 g/mol. The molecule has 43 heavy (non-hydrogen) atoms. The lowest BCUT2D eigenvalue weighted by Gasteiger charge is -2.45. The molecule has 1 saturated heterocycles. The van der Waals surface area contributed by atoms with Crippen LogP contribution in [0, 0.1) is 17.2 Å². The first-order valence-corrected chi connectivity index (χ1v) is 14.5. The molecule has 2 aromatic carbocycles. The van der Waals surface area contributed by atoms with Gasteiger partial charge in [-0.3, -0.25) is 4.79 Å². The quantitative estimate of drug-likeness (QED) is 0.329. The van der Waals surface area contributed by atoms with Gasteiger partial charge in [0, 0.05) is 28.1 Å². The van der Waals surface area contributed by atoms with Gasteiger partial charge < -0.3 is 19.7 Å². The summed E-state index contributed by atoms with van der Waals surface area (Å²) in [4.78, 5) is 41.4. The number of ether oxygens (including phenoxy) is 2. The first-order valence-electron chi connectivity index (χ1n) is 14.2. The highest BCUT2D eigenvalue weighted by Crippen LogP contribution is 2.36. The van der Waals surface area contributed by atoms with Crippen molar-refractivity contribution in [3.05, 3.63) is 47.0 Å². The normalized spacial score (nSPS) is 16.8. The Balaban J connectivity index is 1.72. The molecule has 0 bridgehead atoms. The Labute approximate surface area is 256 Å². The number of nitrogens with zero attached hydrogens (tertiary/aromatic N) is 4. The number of rotatable bonds is 3. The number of fused-ring (bicyclic) bond motifs is 1. The third kappa shape index (κ3) is 7.28. The van der Waals surface area contributed by atoms with Crippen LogP contribution in [0.3, 0.4) is 0 Å². The van der Waals surface area contributed by atoms with E-state index in [4.69, 9.17) is 21.1 Å². The van der Waals surface area contributed by atoms with E-state index in [1.807, 2.05) is 13.8 Å². The number of nitriles is 1. The maximum absolute atomic E-state index is 13.7. The Morgan fingerprint density at radius 1 is 1.02 bits per heavy atom. The van der Waals surface area contributed by atoms with Crippen molar-refractivity contribution in [2.75, 3.05) is 11.9 Å². The van der Waals surface area contributed by atoms with Gasteiger partial charge >= 0.3 is 12.2 Å². The maximum Gasteiger partial charge on any atom is 0.435 e. The van der Waals surface area contributed by atoms with Crippen LogP contribution in [0.25, 0.3) is 22.0 Å². The van der Waals surface area contributed by atoms with Gasteiger partial charge in [-0.2, -0.15) is 9.94 Å². The molecule has 1 aliphatic heterocycles. The number of halogens is 1. The molecule has 2 heterocycles.